The molecular formula is C23H26N4O4. The molecular weight excluding hydrogens is 396 g/mol. The molecule has 1 fully saturated rings. The van der Waals surface area contributed by atoms with Gasteiger partial charge in [0.2, 0.25) is 5.78 Å². The lowest BCUT2D eigenvalue weighted by atomic mass is 9.93. The topological polar surface area (TPSA) is 90.5 Å². The lowest BCUT2D eigenvalue weighted by Crippen LogP contribution is -2.42. The molecule has 1 saturated heterocycles. The second-order valence-electron chi connectivity index (χ2n) is 8.00. The van der Waals surface area contributed by atoms with E-state index < -0.39 is 0 Å². The van der Waals surface area contributed by atoms with Gasteiger partial charge in [-0.05, 0) is 37.8 Å². The Balaban J connectivity index is 1.40. The summed E-state index contributed by atoms with van der Waals surface area (Å²) < 4.78 is 12.9. The van der Waals surface area contributed by atoms with Crippen molar-refractivity contribution in [2.45, 2.75) is 33.3 Å². The van der Waals surface area contributed by atoms with Crippen molar-refractivity contribution >= 4 is 11.7 Å². The molecule has 3 aromatic rings. The lowest BCUT2D eigenvalue weighted by molar-refractivity contribution is 0.0624. The standard InChI is InChI=1S/C23H26N4O4/c1-15-6-4-7-16(2)21(15)30-14-18-12-19(25-31-18)23(29)27-10-5-8-17(13-27)20(28)22-24-9-11-26(22)3/h4,6-7,9,11-12,17H,5,8,10,13-14H2,1-3H3. The highest BCUT2D eigenvalue weighted by atomic mass is 16.5. The monoisotopic (exact) mass is 422 g/mol. The Hall–Kier alpha value is -3.42. The van der Waals surface area contributed by atoms with Crippen molar-refractivity contribution < 1.29 is 18.8 Å². The molecule has 3 heterocycles. The molecule has 1 aliphatic heterocycles. The van der Waals surface area contributed by atoms with Crippen molar-refractivity contribution in [2.24, 2.45) is 13.0 Å². The quantitative estimate of drug-likeness (QED) is 0.566. The van der Waals surface area contributed by atoms with E-state index in [9.17, 15) is 9.59 Å². The number of ether oxygens (including phenoxy) is 1. The van der Waals surface area contributed by atoms with E-state index in [1.54, 1.807) is 35.0 Å². The molecule has 8 heteroatoms. The van der Waals surface area contributed by atoms with Gasteiger partial charge in [-0.25, -0.2) is 4.98 Å². The molecule has 0 spiro atoms. The van der Waals surface area contributed by atoms with Crippen LogP contribution in [0, 0.1) is 19.8 Å². The minimum atomic E-state index is -0.266. The summed E-state index contributed by atoms with van der Waals surface area (Å²) in [7, 11) is 1.80. The number of amides is 1. The fourth-order valence-corrected chi connectivity index (χ4v) is 3.98. The van der Waals surface area contributed by atoms with Crippen molar-refractivity contribution in [3.63, 3.8) is 0 Å². The molecule has 0 radical (unpaired) electrons. The van der Waals surface area contributed by atoms with Crippen molar-refractivity contribution in [1.29, 1.82) is 0 Å². The molecule has 1 aromatic carbocycles. The first-order chi connectivity index (χ1) is 14.9. The number of benzene rings is 1. The summed E-state index contributed by atoms with van der Waals surface area (Å²) in [5.41, 5.74) is 2.30. The third-order valence-electron chi connectivity index (χ3n) is 5.67. The van der Waals surface area contributed by atoms with E-state index in [2.05, 4.69) is 10.1 Å². The zero-order valence-electron chi connectivity index (χ0n) is 18.0. The van der Waals surface area contributed by atoms with Gasteiger partial charge in [0.25, 0.3) is 5.91 Å². The number of imidazole rings is 1. The molecule has 31 heavy (non-hydrogen) atoms. The van der Waals surface area contributed by atoms with Crippen molar-refractivity contribution in [3.8, 4) is 5.75 Å². The Morgan fingerprint density at radius 3 is 2.74 bits per heavy atom. The van der Waals surface area contributed by atoms with Crippen LogP contribution in [0.3, 0.4) is 0 Å². The van der Waals surface area contributed by atoms with Crippen LogP contribution in [-0.4, -0.2) is 44.4 Å². The highest BCUT2D eigenvalue weighted by Crippen LogP contribution is 2.24. The second kappa shape index (κ2) is 8.75. The first-order valence-corrected chi connectivity index (χ1v) is 10.4. The molecule has 1 unspecified atom stereocenters. The van der Waals surface area contributed by atoms with E-state index in [0.717, 1.165) is 29.7 Å². The van der Waals surface area contributed by atoms with E-state index in [4.69, 9.17) is 9.26 Å². The molecule has 1 amide bonds. The number of rotatable bonds is 6. The third-order valence-corrected chi connectivity index (χ3v) is 5.67. The van der Waals surface area contributed by atoms with Crippen LogP contribution >= 0.6 is 0 Å². The van der Waals surface area contributed by atoms with Crippen LogP contribution in [0.4, 0.5) is 0 Å². The highest BCUT2D eigenvalue weighted by Gasteiger charge is 2.32. The van der Waals surface area contributed by atoms with Crippen molar-refractivity contribution in [2.75, 3.05) is 13.1 Å². The van der Waals surface area contributed by atoms with E-state index >= 15 is 0 Å². The number of piperidine rings is 1. The third kappa shape index (κ3) is 4.38. The van der Waals surface area contributed by atoms with Gasteiger partial charge in [-0.15, -0.1) is 0 Å². The zero-order chi connectivity index (χ0) is 22.0. The molecule has 1 aliphatic rings. The molecule has 1 atom stereocenters. The average molecular weight is 422 g/mol. The Morgan fingerprint density at radius 2 is 2.03 bits per heavy atom. The SMILES string of the molecule is Cc1cccc(C)c1OCc1cc(C(=O)N2CCCC(C(=O)c3nccn3C)C2)no1. The van der Waals surface area contributed by atoms with Gasteiger partial charge in [0.05, 0.1) is 0 Å². The molecule has 8 nitrogen and oxygen atoms in total. The second-order valence-corrected chi connectivity index (χ2v) is 8.00. The smallest absolute Gasteiger partial charge is 0.276 e. The van der Waals surface area contributed by atoms with E-state index in [1.165, 1.54) is 0 Å². The Labute approximate surface area is 180 Å². The van der Waals surface area contributed by atoms with Gasteiger partial charge in [-0.3, -0.25) is 9.59 Å². The van der Waals surface area contributed by atoms with Crippen LogP contribution in [-0.2, 0) is 13.7 Å². The van der Waals surface area contributed by atoms with Crippen LogP contribution in [0.15, 0.2) is 41.2 Å². The summed E-state index contributed by atoms with van der Waals surface area (Å²) in [5, 5.41) is 3.93. The largest absolute Gasteiger partial charge is 0.485 e. The van der Waals surface area contributed by atoms with E-state index in [0.29, 0.717) is 24.7 Å². The van der Waals surface area contributed by atoms with Gasteiger partial charge in [0, 0.05) is 44.5 Å². The number of hydrogen-bond donors (Lipinski definition) is 0. The maximum absolute atomic E-state index is 12.9. The summed E-state index contributed by atoms with van der Waals surface area (Å²) in [6.45, 7) is 5.09. The molecule has 0 saturated carbocycles. The van der Waals surface area contributed by atoms with E-state index in [-0.39, 0.29) is 29.9 Å². The van der Waals surface area contributed by atoms with Gasteiger partial charge in [-0.2, -0.15) is 0 Å². The lowest BCUT2D eigenvalue weighted by Gasteiger charge is -2.31. The average Bonchev–Trinajstić information content (AvgIpc) is 3.41. The number of ketones is 1. The number of nitrogens with zero attached hydrogens (tertiary/aromatic N) is 4. The first kappa shape index (κ1) is 20.8. The van der Waals surface area contributed by atoms with Gasteiger partial charge < -0.3 is 18.7 Å². The fourth-order valence-electron chi connectivity index (χ4n) is 3.98. The summed E-state index contributed by atoms with van der Waals surface area (Å²) in [6, 6.07) is 7.56. The zero-order valence-corrected chi connectivity index (χ0v) is 18.0. The molecule has 0 N–H and O–H groups in total. The summed E-state index contributed by atoms with van der Waals surface area (Å²) in [5.74, 6) is 1.17. The highest BCUT2D eigenvalue weighted by molar-refractivity contribution is 5.96. The van der Waals surface area contributed by atoms with Crippen LogP contribution in [0.2, 0.25) is 0 Å². The number of aromatic nitrogens is 3. The number of Topliss-reactive ketones (excluding diaryl/α,β-unsaturated/α-hetero) is 1. The fraction of sp³-hybridized carbons (Fsp3) is 0.391. The number of hydrogen-bond acceptors (Lipinski definition) is 6. The summed E-state index contributed by atoms with van der Waals surface area (Å²) >= 11 is 0. The summed E-state index contributed by atoms with van der Waals surface area (Å²) in [6.07, 6.45) is 4.85. The summed E-state index contributed by atoms with van der Waals surface area (Å²) in [4.78, 5) is 31.6. The van der Waals surface area contributed by atoms with Gasteiger partial charge >= 0.3 is 0 Å². The van der Waals surface area contributed by atoms with Crippen LogP contribution in [0.25, 0.3) is 0 Å². The van der Waals surface area contributed by atoms with E-state index in [1.807, 2.05) is 32.0 Å². The van der Waals surface area contributed by atoms with Gasteiger partial charge in [0.15, 0.2) is 17.3 Å². The van der Waals surface area contributed by atoms with Crippen molar-refractivity contribution in [1.82, 2.24) is 19.6 Å². The molecule has 2 aromatic heterocycles. The Morgan fingerprint density at radius 1 is 1.26 bits per heavy atom. The molecule has 0 aliphatic carbocycles. The number of para-hydroxylation sites is 1. The first-order valence-electron chi connectivity index (χ1n) is 10.4. The van der Waals surface area contributed by atoms with Crippen LogP contribution < -0.4 is 4.74 Å². The van der Waals surface area contributed by atoms with Crippen LogP contribution in [0.5, 0.6) is 5.75 Å². The maximum Gasteiger partial charge on any atom is 0.276 e. The number of likely N-dealkylation sites (tertiary alicyclic amines) is 1. The minimum Gasteiger partial charge on any atom is -0.485 e. The van der Waals surface area contributed by atoms with Crippen LogP contribution in [0.1, 0.15) is 50.8 Å². The normalized spacial score (nSPS) is 16.4. The van der Waals surface area contributed by atoms with Gasteiger partial charge in [0.1, 0.15) is 12.4 Å². The Kier molecular flexibility index (Phi) is 5.88. The molecule has 162 valence electrons. The predicted octanol–water partition coefficient (Wildman–Crippen LogP) is 3.34. The molecule has 0 bridgehead atoms. The number of carbonyl (C=O) groups is 2. The minimum absolute atomic E-state index is 0.0344. The van der Waals surface area contributed by atoms with Crippen molar-refractivity contribution in [3.05, 3.63) is 65.1 Å². The maximum atomic E-state index is 12.9. The Bertz CT molecular complexity index is 1080. The molecule has 4 rings (SSSR count). The number of carbonyl (C=O) groups excluding carboxylic acids is 2. The predicted molar refractivity (Wildman–Crippen MR) is 113 cm³/mol. The van der Waals surface area contributed by atoms with Gasteiger partial charge in [-0.1, -0.05) is 23.4 Å². The number of aryl methyl sites for hydroxylation is 3.